The van der Waals surface area contributed by atoms with E-state index in [0.29, 0.717) is 18.7 Å². The van der Waals surface area contributed by atoms with E-state index in [2.05, 4.69) is 41.5 Å². The van der Waals surface area contributed by atoms with Gasteiger partial charge in [0.25, 0.3) is 5.91 Å². The Bertz CT molecular complexity index is 854. The number of ether oxygens (including phenoxy) is 1. The minimum absolute atomic E-state index is 0.0226. The van der Waals surface area contributed by atoms with Gasteiger partial charge in [-0.15, -0.1) is 11.3 Å². The number of aryl methyl sites for hydroxylation is 2. The highest BCUT2D eigenvalue weighted by Crippen LogP contribution is 2.24. The highest BCUT2D eigenvalue weighted by atomic mass is 32.1. The molecule has 134 valence electrons. The van der Waals surface area contributed by atoms with Crippen molar-refractivity contribution in [2.45, 2.75) is 20.3 Å². The molecular weight excluding hydrogens is 344 g/mol. The van der Waals surface area contributed by atoms with Gasteiger partial charge < -0.3 is 10.1 Å². The molecule has 0 aliphatic carbocycles. The third-order valence-corrected chi connectivity index (χ3v) is 4.88. The van der Waals surface area contributed by atoms with Crippen LogP contribution in [0.2, 0.25) is 0 Å². The van der Waals surface area contributed by atoms with E-state index in [1.165, 1.54) is 5.56 Å². The molecule has 0 bridgehead atoms. The van der Waals surface area contributed by atoms with Crippen LogP contribution in [0, 0.1) is 13.8 Å². The lowest BCUT2D eigenvalue weighted by molar-refractivity contribution is -0.123. The average Bonchev–Trinajstić information content (AvgIpc) is 3.11. The molecule has 26 heavy (non-hydrogen) atoms. The van der Waals surface area contributed by atoms with Crippen molar-refractivity contribution in [2.24, 2.45) is 0 Å². The van der Waals surface area contributed by atoms with E-state index in [4.69, 9.17) is 4.74 Å². The quantitative estimate of drug-likeness (QED) is 0.683. The molecule has 0 aliphatic rings. The van der Waals surface area contributed by atoms with Gasteiger partial charge >= 0.3 is 0 Å². The van der Waals surface area contributed by atoms with Crippen LogP contribution in [0.5, 0.6) is 5.75 Å². The zero-order valence-electron chi connectivity index (χ0n) is 15.0. The zero-order chi connectivity index (χ0) is 18.4. The van der Waals surface area contributed by atoms with Gasteiger partial charge in [-0.05, 0) is 26.0 Å². The molecule has 3 aromatic rings. The summed E-state index contributed by atoms with van der Waals surface area (Å²) in [6.45, 7) is 4.66. The van der Waals surface area contributed by atoms with Crippen LogP contribution in [0.4, 0.5) is 0 Å². The first-order valence-corrected chi connectivity index (χ1v) is 9.46. The first-order valence-electron chi connectivity index (χ1n) is 8.58. The van der Waals surface area contributed by atoms with Crippen LogP contribution in [-0.4, -0.2) is 24.0 Å². The first kappa shape index (κ1) is 18.1. The highest BCUT2D eigenvalue weighted by molar-refractivity contribution is 7.13. The summed E-state index contributed by atoms with van der Waals surface area (Å²) in [7, 11) is 0. The summed E-state index contributed by atoms with van der Waals surface area (Å²) in [4.78, 5) is 16.5. The fourth-order valence-corrected chi connectivity index (χ4v) is 3.28. The molecule has 0 spiro atoms. The molecule has 0 saturated heterocycles. The van der Waals surface area contributed by atoms with Crippen molar-refractivity contribution >= 4 is 17.2 Å². The molecule has 2 aromatic carbocycles. The van der Waals surface area contributed by atoms with E-state index < -0.39 is 0 Å². The van der Waals surface area contributed by atoms with Gasteiger partial charge in [-0.2, -0.15) is 0 Å². The van der Waals surface area contributed by atoms with Crippen molar-refractivity contribution in [2.75, 3.05) is 13.2 Å². The summed E-state index contributed by atoms with van der Waals surface area (Å²) in [6, 6.07) is 16.0. The smallest absolute Gasteiger partial charge is 0.257 e. The standard InChI is InChI=1S/C21H22N2O2S/c1-15-3-7-17(8-4-15)21-23-18(14-26-21)11-12-22-20(24)13-25-19-9-5-16(2)6-10-19/h3-10,14H,11-13H2,1-2H3,(H,22,24). The van der Waals surface area contributed by atoms with Gasteiger partial charge in [0.2, 0.25) is 0 Å². The van der Waals surface area contributed by atoms with Crippen molar-refractivity contribution in [3.8, 4) is 16.3 Å². The number of nitrogens with zero attached hydrogens (tertiary/aromatic N) is 1. The van der Waals surface area contributed by atoms with Gasteiger partial charge in [0.05, 0.1) is 5.69 Å². The van der Waals surface area contributed by atoms with E-state index in [9.17, 15) is 4.79 Å². The number of hydrogen-bond donors (Lipinski definition) is 1. The van der Waals surface area contributed by atoms with Crippen LogP contribution < -0.4 is 10.1 Å². The molecule has 0 saturated carbocycles. The number of rotatable bonds is 7. The summed E-state index contributed by atoms with van der Waals surface area (Å²) in [5.74, 6) is 0.576. The van der Waals surface area contributed by atoms with Gasteiger partial charge in [-0.25, -0.2) is 4.98 Å². The Labute approximate surface area is 157 Å². The van der Waals surface area contributed by atoms with Gasteiger partial charge in [0.15, 0.2) is 6.61 Å². The maximum absolute atomic E-state index is 11.9. The Morgan fingerprint density at radius 1 is 1.04 bits per heavy atom. The highest BCUT2D eigenvalue weighted by Gasteiger charge is 2.06. The first-order chi connectivity index (χ1) is 12.6. The van der Waals surface area contributed by atoms with Crippen LogP contribution >= 0.6 is 11.3 Å². The Morgan fingerprint density at radius 2 is 1.69 bits per heavy atom. The molecule has 5 heteroatoms. The predicted octanol–water partition coefficient (Wildman–Crippen LogP) is 4.16. The fraction of sp³-hybridized carbons (Fsp3) is 0.238. The second kappa shape index (κ2) is 8.63. The number of benzene rings is 2. The molecule has 4 nitrogen and oxygen atoms in total. The van der Waals surface area contributed by atoms with E-state index in [-0.39, 0.29) is 12.5 Å². The molecule has 1 heterocycles. The minimum atomic E-state index is -0.125. The summed E-state index contributed by atoms with van der Waals surface area (Å²) in [5, 5.41) is 5.92. The summed E-state index contributed by atoms with van der Waals surface area (Å²) < 4.78 is 5.47. The summed E-state index contributed by atoms with van der Waals surface area (Å²) in [5.41, 5.74) is 4.52. The van der Waals surface area contributed by atoms with Crippen molar-refractivity contribution in [3.63, 3.8) is 0 Å². The second-order valence-electron chi connectivity index (χ2n) is 6.21. The van der Waals surface area contributed by atoms with E-state index >= 15 is 0 Å². The monoisotopic (exact) mass is 366 g/mol. The normalized spacial score (nSPS) is 10.5. The van der Waals surface area contributed by atoms with Crippen molar-refractivity contribution in [3.05, 3.63) is 70.7 Å². The van der Waals surface area contributed by atoms with E-state index in [0.717, 1.165) is 21.8 Å². The predicted molar refractivity (Wildman–Crippen MR) is 106 cm³/mol. The van der Waals surface area contributed by atoms with Gasteiger partial charge in [0, 0.05) is 23.9 Å². The van der Waals surface area contributed by atoms with Gasteiger partial charge in [-0.1, -0.05) is 47.5 Å². The Hall–Kier alpha value is -2.66. The molecule has 0 aliphatic heterocycles. The Morgan fingerprint density at radius 3 is 2.38 bits per heavy atom. The lowest BCUT2D eigenvalue weighted by Crippen LogP contribution is -2.30. The van der Waals surface area contributed by atoms with E-state index in [1.54, 1.807) is 11.3 Å². The third kappa shape index (κ3) is 5.17. The lowest BCUT2D eigenvalue weighted by Gasteiger charge is -2.07. The minimum Gasteiger partial charge on any atom is -0.484 e. The molecular formula is C21H22N2O2S. The average molecular weight is 366 g/mol. The Kier molecular flexibility index (Phi) is 6.02. The molecule has 0 fully saturated rings. The van der Waals surface area contributed by atoms with Gasteiger partial charge in [0.1, 0.15) is 10.8 Å². The number of carbonyl (C=O) groups is 1. The summed E-state index contributed by atoms with van der Waals surface area (Å²) >= 11 is 1.63. The molecule has 1 aromatic heterocycles. The molecule has 1 amide bonds. The number of carbonyl (C=O) groups excluding carboxylic acids is 1. The molecule has 0 atom stereocenters. The third-order valence-electron chi connectivity index (χ3n) is 3.94. The van der Waals surface area contributed by atoms with Crippen LogP contribution in [-0.2, 0) is 11.2 Å². The molecule has 0 radical (unpaired) electrons. The number of aromatic nitrogens is 1. The largest absolute Gasteiger partial charge is 0.484 e. The van der Waals surface area contributed by atoms with Crippen molar-refractivity contribution < 1.29 is 9.53 Å². The lowest BCUT2D eigenvalue weighted by atomic mass is 10.2. The topological polar surface area (TPSA) is 51.2 Å². The van der Waals surface area contributed by atoms with Crippen molar-refractivity contribution in [1.29, 1.82) is 0 Å². The summed E-state index contributed by atoms with van der Waals surface area (Å²) in [6.07, 6.45) is 0.707. The number of hydrogen-bond acceptors (Lipinski definition) is 4. The maximum atomic E-state index is 11.9. The molecule has 1 N–H and O–H groups in total. The number of thiazole rings is 1. The second-order valence-corrected chi connectivity index (χ2v) is 7.07. The van der Waals surface area contributed by atoms with Crippen LogP contribution in [0.25, 0.3) is 10.6 Å². The SMILES string of the molecule is Cc1ccc(OCC(=O)NCCc2csc(-c3ccc(C)cc3)n2)cc1. The van der Waals surface area contributed by atoms with Crippen LogP contribution in [0.15, 0.2) is 53.9 Å². The number of nitrogens with one attached hydrogen (secondary N) is 1. The number of amides is 1. The van der Waals surface area contributed by atoms with Crippen LogP contribution in [0.1, 0.15) is 16.8 Å². The molecule has 0 unspecified atom stereocenters. The van der Waals surface area contributed by atoms with Crippen LogP contribution in [0.3, 0.4) is 0 Å². The fourth-order valence-electron chi connectivity index (χ4n) is 2.41. The molecule has 3 rings (SSSR count). The van der Waals surface area contributed by atoms with Crippen molar-refractivity contribution in [1.82, 2.24) is 10.3 Å². The van der Waals surface area contributed by atoms with E-state index in [1.807, 2.05) is 36.6 Å². The van der Waals surface area contributed by atoms with Gasteiger partial charge in [-0.3, -0.25) is 4.79 Å². The maximum Gasteiger partial charge on any atom is 0.257 e. The Balaban J connectivity index is 1.42. The zero-order valence-corrected chi connectivity index (χ0v) is 15.8.